The standard InChI is InChI=1S/C15H21N3/c1-3-18(2)11-10-16-12-14-7-4-6-13-8-5-9-17-15(13)14/h4-9,16H,3,10-12H2,1-2H3. The Balaban J connectivity index is 1.95. The molecule has 2 rings (SSSR count). The van der Waals surface area contributed by atoms with Gasteiger partial charge in [0.1, 0.15) is 0 Å². The molecule has 96 valence electrons. The number of aromatic nitrogens is 1. The van der Waals surface area contributed by atoms with Gasteiger partial charge in [-0.1, -0.05) is 31.2 Å². The van der Waals surface area contributed by atoms with E-state index < -0.39 is 0 Å². The van der Waals surface area contributed by atoms with E-state index in [9.17, 15) is 0 Å². The summed E-state index contributed by atoms with van der Waals surface area (Å²) >= 11 is 0. The lowest BCUT2D eigenvalue weighted by atomic mass is 10.1. The van der Waals surface area contributed by atoms with Gasteiger partial charge in [0.05, 0.1) is 5.52 Å². The molecule has 0 saturated heterocycles. The molecule has 0 amide bonds. The summed E-state index contributed by atoms with van der Waals surface area (Å²) in [5.74, 6) is 0. The smallest absolute Gasteiger partial charge is 0.0746 e. The van der Waals surface area contributed by atoms with Crippen LogP contribution < -0.4 is 5.32 Å². The molecule has 0 saturated carbocycles. The van der Waals surface area contributed by atoms with Crippen molar-refractivity contribution in [3.05, 3.63) is 42.1 Å². The Bertz CT molecular complexity index is 491. The van der Waals surface area contributed by atoms with E-state index >= 15 is 0 Å². The van der Waals surface area contributed by atoms with Crippen molar-refractivity contribution in [2.75, 3.05) is 26.7 Å². The number of nitrogens with zero attached hydrogens (tertiary/aromatic N) is 2. The van der Waals surface area contributed by atoms with Gasteiger partial charge in [0.2, 0.25) is 0 Å². The van der Waals surface area contributed by atoms with Crippen molar-refractivity contribution in [3.63, 3.8) is 0 Å². The number of hydrogen-bond donors (Lipinski definition) is 1. The highest BCUT2D eigenvalue weighted by Gasteiger charge is 2.01. The first-order valence-electron chi connectivity index (χ1n) is 6.53. The Morgan fingerprint density at radius 3 is 2.89 bits per heavy atom. The van der Waals surface area contributed by atoms with Crippen LogP contribution in [0.25, 0.3) is 10.9 Å². The fourth-order valence-electron chi connectivity index (χ4n) is 1.96. The van der Waals surface area contributed by atoms with E-state index in [1.165, 1.54) is 10.9 Å². The fourth-order valence-corrected chi connectivity index (χ4v) is 1.96. The number of nitrogens with one attached hydrogen (secondary N) is 1. The third-order valence-electron chi connectivity index (χ3n) is 3.24. The van der Waals surface area contributed by atoms with Crippen molar-refractivity contribution >= 4 is 10.9 Å². The average Bonchev–Trinajstić information content (AvgIpc) is 2.43. The van der Waals surface area contributed by atoms with Crippen LogP contribution in [-0.4, -0.2) is 36.6 Å². The monoisotopic (exact) mass is 243 g/mol. The largest absolute Gasteiger partial charge is 0.311 e. The molecule has 0 aliphatic rings. The van der Waals surface area contributed by atoms with Crippen molar-refractivity contribution in [1.29, 1.82) is 0 Å². The minimum Gasteiger partial charge on any atom is -0.311 e. The summed E-state index contributed by atoms with van der Waals surface area (Å²) in [5.41, 5.74) is 2.38. The van der Waals surface area contributed by atoms with Crippen molar-refractivity contribution in [3.8, 4) is 0 Å². The molecule has 3 heteroatoms. The van der Waals surface area contributed by atoms with Crippen LogP contribution in [0.4, 0.5) is 0 Å². The lowest BCUT2D eigenvalue weighted by Gasteiger charge is -2.14. The minimum absolute atomic E-state index is 0.881. The van der Waals surface area contributed by atoms with Gasteiger partial charge in [-0.3, -0.25) is 4.98 Å². The molecule has 1 heterocycles. The topological polar surface area (TPSA) is 28.2 Å². The Labute approximate surface area is 109 Å². The maximum Gasteiger partial charge on any atom is 0.0746 e. The molecule has 1 aromatic carbocycles. The molecule has 3 nitrogen and oxygen atoms in total. The number of hydrogen-bond acceptors (Lipinski definition) is 3. The van der Waals surface area contributed by atoms with E-state index in [0.717, 1.165) is 31.7 Å². The third kappa shape index (κ3) is 3.28. The first-order chi connectivity index (χ1) is 8.81. The van der Waals surface area contributed by atoms with E-state index in [-0.39, 0.29) is 0 Å². The number of benzene rings is 1. The van der Waals surface area contributed by atoms with E-state index in [2.05, 4.69) is 53.4 Å². The average molecular weight is 243 g/mol. The van der Waals surface area contributed by atoms with Crippen LogP contribution in [0.5, 0.6) is 0 Å². The lowest BCUT2D eigenvalue weighted by molar-refractivity contribution is 0.349. The van der Waals surface area contributed by atoms with Crippen LogP contribution in [0.1, 0.15) is 12.5 Å². The molecule has 0 aliphatic carbocycles. The molecule has 0 spiro atoms. The van der Waals surface area contributed by atoms with Gasteiger partial charge in [-0.05, 0) is 25.2 Å². The summed E-state index contributed by atoms with van der Waals surface area (Å²) in [7, 11) is 2.14. The molecule has 2 aromatic rings. The van der Waals surface area contributed by atoms with Crippen molar-refractivity contribution < 1.29 is 0 Å². The Hall–Kier alpha value is -1.45. The molecule has 1 aromatic heterocycles. The first-order valence-corrected chi connectivity index (χ1v) is 6.53. The van der Waals surface area contributed by atoms with Gasteiger partial charge in [-0.15, -0.1) is 0 Å². The van der Waals surface area contributed by atoms with Crippen LogP contribution in [0, 0.1) is 0 Å². The Kier molecular flexibility index (Phi) is 4.67. The summed E-state index contributed by atoms with van der Waals surface area (Å²) in [6, 6.07) is 10.4. The maximum absolute atomic E-state index is 4.46. The zero-order chi connectivity index (χ0) is 12.8. The van der Waals surface area contributed by atoms with Crippen LogP contribution in [0.3, 0.4) is 0 Å². The number of rotatable bonds is 6. The normalized spacial score (nSPS) is 11.3. The maximum atomic E-state index is 4.46. The van der Waals surface area contributed by atoms with Gasteiger partial charge in [0.15, 0.2) is 0 Å². The summed E-state index contributed by atoms with van der Waals surface area (Å²) in [6.45, 7) is 6.24. The second-order valence-corrected chi connectivity index (χ2v) is 4.56. The predicted molar refractivity (Wildman–Crippen MR) is 76.6 cm³/mol. The number of para-hydroxylation sites is 1. The number of pyridine rings is 1. The molecular weight excluding hydrogens is 222 g/mol. The summed E-state index contributed by atoms with van der Waals surface area (Å²) in [5, 5.41) is 4.69. The van der Waals surface area contributed by atoms with Crippen molar-refractivity contribution in [1.82, 2.24) is 15.2 Å². The minimum atomic E-state index is 0.881. The predicted octanol–water partition coefficient (Wildman–Crippen LogP) is 2.28. The van der Waals surface area contributed by atoms with Gasteiger partial charge in [0, 0.05) is 31.2 Å². The van der Waals surface area contributed by atoms with E-state index in [0.29, 0.717) is 0 Å². The van der Waals surface area contributed by atoms with Gasteiger partial charge in [-0.2, -0.15) is 0 Å². The van der Waals surface area contributed by atoms with Gasteiger partial charge in [0.25, 0.3) is 0 Å². The molecule has 0 bridgehead atoms. The van der Waals surface area contributed by atoms with E-state index in [1.807, 2.05) is 12.3 Å². The van der Waals surface area contributed by atoms with Crippen LogP contribution in [-0.2, 0) is 6.54 Å². The molecule has 1 N–H and O–H groups in total. The van der Waals surface area contributed by atoms with E-state index in [1.54, 1.807) is 0 Å². The molecule has 0 radical (unpaired) electrons. The third-order valence-corrected chi connectivity index (χ3v) is 3.24. The van der Waals surface area contributed by atoms with Crippen LogP contribution in [0.15, 0.2) is 36.5 Å². The zero-order valence-electron chi connectivity index (χ0n) is 11.2. The van der Waals surface area contributed by atoms with Gasteiger partial charge in [-0.25, -0.2) is 0 Å². The highest BCUT2D eigenvalue weighted by Crippen LogP contribution is 2.15. The van der Waals surface area contributed by atoms with Gasteiger partial charge >= 0.3 is 0 Å². The van der Waals surface area contributed by atoms with Crippen molar-refractivity contribution in [2.24, 2.45) is 0 Å². The highest BCUT2D eigenvalue weighted by molar-refractivity contribution is 5.81. The van der Waals surface area contributed by atoms with Crippen LogP contribution in [0.2, 0.25) is 0 Å². The molecule has 0 aliphatic heterocycles. The molecule has 0 fully saturated rings. The second kappa shape index (κ2) is 6.47. The quantitative estimate of drug-likeness (QED) is 0.789. The SMILES string of the molecule is CCN(C)CCNCc1cccc2cccnc12. The Morgan fingerprint density at radius 1 is 1.22 bits per heavy atom. The zero-order valence-corrected chi connectivity index (χ0v) is 11.2. The summed E-state index contributed by atoms with van der Waals surface area (Å²) in [6.07, 6.45) is 1.86. The van der Waals surface area contributed by atoms with E-state index in [4.69, 9.17) is 0 Å². The lowest BCUT2D eigenvalue weighted by Crippen LogP contribution is -2.28. The Morgan fingerprint density at radius 2 is 2.06 bits per heavy atom. The molecule has 0 atom stereocenters. The summed E-state index contributed by atoms with van der Waals surface area (Å²) in [4.78, 5) is 6.76. The first kappa shape index (κ1) is 13.0. The van der Waals surface area contributed by atoms with Gasteiger partial charge < -0.3 is 10.2 Å². The second-order valence-electron chi connectivity index (χ2n) is 4.56. The fraction of sp³-hybridized carbons (Fsp3) is 0.400. The van der Waals surface area contributed by atoms with Crippen LogP contribution >= 0.6 is 0 Å². The highest BCUT2D eigenvalue weighted by atomic mass is 15.1. The molecule has 0 unspecified atom stereocenters. The molecule has 18 heavy (non-hydrogen) atoms. The number of likely N-dealkylation sites (N-methyl/N-ethyl adjacent to an activating group) is 1. The summed E-state index contributed by atoms with van der Waals surface area (Å²) < 4.78 is 0. The van der Waals surface area contributed by atoms with Crippen molar-refractivity contribution in [2.45, 2.75) is 13.5 Å². The molecular formula is C15H21N3. The number of fused-ring (bicyclic) bond motifs is 1.